The molecule has 0 spiro atoms. The maximum absolute atomic E-state index is 5.50. The van der Waals surface area contributed by atoms with E-state index in [9.17, 15) is 0 Å². The highest BCUT2D eigenvalue weighted by Gasteiger charge is 2.00. The minimum atomic E-state index is 0.758. The molecular weight excluding hydrogens is 200 g/mol. The third kappa shape index (κ3) is 5.31. The normalized spacial score (nSPS) is 10.9. The number of unbranched alkanes of at least 4 members (excludes halogenated alkanes) is 4. The largest absolute Gasteiger partial charge is 0.444 e. The van der Waals surface area contributed by atoms with E-state index in [-0.39, 0.29) is 0 Å². The number of nitrogens with one attached hydrogen (secondary N) is 1. The average Bonchev–Trinajstić information content (AvgIpc) is 2.76. The van der Waals surface area contributed by atoms with Crippen molar-refractivity contribution in [2.75, 3.05) is 6.54 Å². The fraction of sp³-hybridized carbons (Fsp3) is 0.769. The molecule has 0 saturated heterocycles. The Hall–Kier alpha value is -0.830. The number of aryl methyl sites for hydroxylation is 1. The number of hydrogen-bond donors (Lipinski definition) is 1. The fourth-order valence-electron chi connectivity index (χ4n) is 1.64. The number of rotatable bonds is 9. The van der Waals surface area contributed by atoms with Crippen molar-refractivity contribution in [2.24, 2.45) is 0 Å². The first-order valence-electron chi connectivity index (χ1n) is 6.51. The van der Waals surface area contributed by atoms with E-state index in [2.05, 4.69) is 24.1 Å². The lowest BCUT2D eigenvalue weighted by molar-refractivity contribution is 0.436. The second kappa shape index (κ2) is 8.34. The summed E-state index contributed by atoms with van der Waals surface area (Å²) in [5.74, 6) is 1.78. The molecule has 0 aliphatic heterocycles. The first-order chi connectivity index (χ1) is 7.86. The summed E-state index contributed by atoms with van der Waals surface area (Å²) in [5.41, 5.74) is 0. The molecule has 0 radical (unpaired) electrons. The van der Waals surface area contributed by atoms with Gasteiger partial charge in [0.2, 0.25) is 5.89 Å². The minimum absolute atomic E-state index is 0.758. The zero-order valence-electron chi connectivity index (χ0n) is 10.6. The first-order valence-corrected chi connectivity index (χ1v) is 6.51. The molecule has 1 aromatic rings. The van der Waals surface area contributed by atoms with Gasteiger partial charge in [0.1, 0.15) is 5.76 Å². The summed E-state index contributed by atoms with van der Waals surface area (Å²) in [6, 6.07) is 0. The minimum Gasteiger partial charge on any atom is -0.444 e. The number of oxazole rings is 1. The van der Waals surface area contributed by atoms with Crippen molar-refractivity contribution in [1.29, 1.82) is 0 Å². The summed E-state index contributed by atoms with van der Waals surface area (Å²) in [6.07, 6.45) is 9.34. The van der Waals surface area contributed by atoms with Gasteiger partial charge in [-0.1, -0.05) is 39.5 Å². The van der Waals surface area contributed by atoms with Gasteiger partial charge in [-0.15, -0.1) is 0 Å². The molecule has 0 aromatic carbocycles. The van der Waals surface area contributed by atoms with Gasteiger partial charge >= 0.3 is 0 Å². The van der Waals surface area contributed by atoms with Crippen LogP contribution in [0.15, 0.2) is 10.6 Å². The molecule has 1 rings (SSSR count). The molecule has 0 amide bonds. The summed E-state index contributed by atoms with van der Waals surface area (Å²) in [7, 11) is 0. The van der Waals surface area contributed by atoms with Crippen molar-refractivity contribution in [1.82, 2.24) is 10.3 Å². The number of nitrogens with zero attached hydrogens (tertiary/aromatic N) is 1. The smallest absolute Gasteiger partial charge is 0.208 e. The molecule has 3 heteroatoms. The molecule has 0 bridgehead atoms. The van der Waals surface area contributed by atoms with E-state index in [1.165, 1.54) is 32.1 Å². The Balaban J connectivity index is 1.98. The Morgan fingerprint density at radius 2 is 2.00 bits per heavy atom. The van der Waals surface area contributed by atoms with Gasteiger partial charge in [-0.3, -0.25) is 0 Å². The molecule has 16 heavy (non-hydrogen) atoms. The van der Waals surface area contributed by atoms with Gasteiger partial charge < -0.3 is 9.73 Å². The van der Waals surface area contributed by atoms with E-state index in [0.29, 0.717) is 0 Å². The SMILES string of the molecule is CCCCCCCNCc1ncc(CC)o1. The van der Waals surface area contributed by atoms with Gasteiger partial charge in [0.15, 0.2) is 0 Å². The second-order valence-corrected chi connectivity index (χ2v) is 4.16. The van der Waals surface area contributed by atoms with Gasteiger partial charge in [-0.2, -0.15) is 0 Å². The molecule has 1 heterocycles. The van der Waals surface area contributed by atoms with Crippen LogP contribution in [0.2, 0.25) is 0 Å². The van der Waals surface area contributed by atoms with E-state index < -0.39 is 0 Å². The summed E-state index contributed by atoms with van der Waals surface area (Å²) in [5, 5.41) is 3.36. The van der Waals surface area contributed by atoms with Gasteiger partial charge in [-0.05, 0) is 13.0 Å². The van der Waals surface area contributed by atoms with E-state index in [0.717, 1.165) is 31.2 Å². The van der Waals surface area contributed by atoms with Crippen LogP contribution in [0.1, 0.15) is 57.6 Å². The van der Waals surface area contributed by atoms with Crippen LogP contribution in [0.4, 0.5) is 0 Å². The molecule has 3 nitrogen and oxygen atoms in total. The molecule has 0 fully saturated rings. The van der Waals surface area contributed by atoms with Crippen LogP contribution in [-0.4, -0.2) is 11.5 Å². The summed E-state index contributed by atoms with van der Waals surface area (Å²) >= 11 is 0. The summed E-state index contributed by atoms with van der Waals surface area (Å²) in [6.45, 7) is 6.14. The van der Waals surface area contributed by atoms with Crippen LogP contribution in [0, 0.1) is 0 Å². The fourth-order valence-corrected chi connectivity index (χ4v) is 1.64. The number of hydrogen-bond acceptors (Lipinski definition) is 3. The van der Waals surface area contributed by atoms with Crippen molar-refractivity contribution >= 4 is 0 Å². The third-order valence-electron chi connectivity index (χ3n) is 2.68. The van der Waals surface area contributed by atoms with E-state index in [1.54, 1.807) is 0 Å². The maximum Gasteiger partial charge on any atom is 0.208 e. The van der Waals surface area contributed by atoms with Crippen molar-refractivity contribution < 1.29 is 4.42 Å². The zero-order valence-corrected chi connectivity index (χ0v) is 10.6. The van der Waals surface area contributed by atoms with Crippen LogP contribution in [0.3, 0.4) is 0 Å². The number of aromatic nitrogens is 1. The molecule has 0 saturated carbocycles. The van der Waals surface area contributed by atoms with Crippen molar-refractivity contribution in [3.8, 4) is 0 Å². The molecule has 0 unspecified atom stereocenters. The van der Waals surface area contributed by atoms with Crippen LogP contribution in [0.5, 0.6) is 0 Å². The Bertz CT molecular complexity index is 271. The van der Waals surface area contributed by atoms with Crippen LogP contribution in [0.25, 0.3) is 0 Å². The monoisotopic (exact) mass is 224 g/mol. The Kier molecular flexibility index (Phi) is 6.90. The lowest BCUT2D eigenvalue weighted by Gasteiger charge is -2.01. The third-order valence-corrected chi connectivity index (χ3v) is 2.68. The topological polar surface area (TPSA) is 38.1 Å². The summed E-state index contributed by atoms with van der Waals surface area (Å²) < 4.78 is 5.50. The predicted molar refractivity (Wildman–Crippen MR) is 66.3 cm³/mol. The quantitative estimate of drug-likeness (QED) is 0.654. The highest BCUT2D eigenvalue weighted by Crippen LogP contribution is 2.04. The van der Waals surface area contributed by atoms with Crippen LogP contribution in [-0.2, 0) is 13.0 Å². The highest BCUT2D eigenvalue weighted by atomic mass is 16.4. The van der Waals surface area contributed by atoms with Crippen LogP contribution < -0.4 is 5.32 Å². The van der Waals surface area contributed by atoms with Gasteiger partial charge in [-0.25, -0.2) is 4.98 Å². The van der Waals surface area contributed by atoms with Crippen molar-refractivity contribution in [2.45, 2.75) is 58.9 Å². The van der Waals surface area contributed by atoms with Gasteiger partial charge in [0, 0.05) is 6.42 Å². The maximum atomic E-state index is 5.50. The highest BCUT2D eigenvalue weighted by molar-refractivity contribution is 4.93. The molecule has 0 aliphatic rings. The van der Waals surface area contributed by atoms with Gasteiger partial charge in [0.25, 0.3) is 0 Å². The van der Waals surface area contributed by atoms with E-state index in [4.69, 9.17) is 4.42 Å². The molecule has 0 atom stereocenters. The van der Waals surface area contributed by atoms with E-state index in [1.807, 2.05) is 6.20 Å². The molecule has 1 aromatic heterocycles. The zero-order chi connectivity index (χ0) is 11.6. The van der Waals surface area contributed by atoms with Gasteiger partial charge in [0.05, 0.1) is 12.7 Å². The Morgan fingerprint density at radius 1 is 1.19 bits per heavy atom. The van der Waals surface area contributed by atoms with Crippen molar-refractivity contribution in [3.05, 3.63) is 17.8 Å². The van der Waals surface area contributed by atoms with Crippen molar-refractivity contribution in [3.63, 3.8) is 0 Å². The lowest BCUT2D eigenvalue weighted by Crippen LogP contribution is -2.14. The molecule has 92 valence electrons. The Morgan fingerprint density at radius 3 is 2.69 bits per heavy atom. The first kappa shape index (κ1) is 13.2. The molecule has 1 N–H and O–H groups in total. The summed E-state index contributed by atoms with van der Waals surface area (Å²) in [4.78, 5) is 4.21. The second-order valence-electron chi connectivity index (χ2n) is 4.16. The lowest BCUT2D eigenvalue weighted by atomic mass is 10.1. The standard InChI is InChI=1S/C13H24N2O/c1-3-5-6-7-8-9-14-11-13-15-10-12(4-2)16-13/h10,14H,3-9,11H2,1-2H3. The average molecular weight is 224 g/mol. The van der Waals surface area contributed by atoms with Crippen LogP contribution >= 0.6 is 0 Å². The predicted octanol–water partition coefficient (Wildman–Crippen LogP) is 3.30. The Labute approximate surface area is 98.6 Å². The van der Waals surface area contributed by atoms with E-state index >= 15 is 0 Å². The molecular formula is C13H24N2O. The molecule has 0 aliphatic carbocycles.